The molecule has 0 aliphatic heterocycles. The van der Waals surface area contributed by atoms with Gasteiger partial charge in [-0.2, -0.15) is 0 Å². The predicted octanol–water partition coefficient (Wildman–Crippen LogP) is 14.7. The van der Waals surface area contributed by atoms with Gasteiger partial charge in [0, 0.05) is 49.0 Å². The molecule has 61 heavy (non-hydrogen) atoms. The highest BCUT2D eigenvalue weighted by atomic mass is 16.3. The van der Waals surface area contributed by atoms with Crippen LogP contribution >= 0.6 is 0 Å². The lowest BCUT2D eigenvalue weighted by Crippen LogP contribution is -2.04. The van der Waals surface area contributed by atoms with Crippen LogP contribution in [0.2, 0.25) is 0 Å². The maximum absolute atomic E-state index is 6.51. The van der Waals surface area contributed by atoms with Crippen LogP contribution in [0.3, 0.4) is 0 Å². The minimum Gasteiger partial charge on any atom is -0.456 e. The number of hydrogen-bond donors (Lipinski definition) is 0. The summed E-state index contributed by atoms with van der Waals surface area (Å²) in [5, 5.41) is 7.78. The van der Waals surface area contributed by atoms with Crippen LogP contribution in [0.15, 0.2) is 211 Å². The molecule has 284 valence electrons. The van der Waals surface area contributed by atoms with Crippen LogP contribution in [0.5, 0.6) is 0 Å². The van der Waals surface area contributed by atoms with Crippen molar-refractivity contribution in [2.45, 2.75) is 0 Å². The van der Waals surface area contributed by atoms with Crippen molar-refractivity contribution in [2.24, 2.45) is 0 Å². The summed E-state index contributed by atoms with van der Waals surface area (Å²) in [7, 11) is 0. The van der Waals surface area contributed by atoms with E-state index in [1.807, 2.05) is 6.07 Å². The van der Waals surface area contributed by atoms with E-state index in [1.165, 1.54) is 16.7 Å². The number of hydrogen-bond acceptors (Lipinski definition) is 3. The largest absolute Gasteiger partial charge is 0.456 e. The van der Waals surface area contributed by atoms with Crippen LogP contribution in [0.1, 0.15) is 0 Å². The van der Waals surface area contributed by atoms with Crippen molar-refractivity contribution >= 4 is 76.5 Å². The summed E-state index contributed by atoms with van der Waals surface area (Å²) in [5.74, 6) is 0.620. The van der Waals surface area contributed by atoms with Gasteiger partial charge >= 0.3 is 0 Å². The van der Waals surface area contributed by atoms with E-state index in [2.05, 4.69) is 209 Å². The molecule has 0 aliphatic rings. The van der Waals surface area contributed by atoms with E-state index >= 15 is 0 Å². The normalized spacial score (nSPS) is 11.9. The van der Waals surface area contributed by atoms with E-state index in [0.717, 1.165) is 99.0 Å². The molecule has 9 aromatic carbocycles. The maximum Gasteiger partial charge on any atom is 0.235 e. The second-order valence-electron chi connectivity index (χ2n) is 15.7. The van der Waals surface area contributed by atoms with Crippen LogP contribution in [-0.4, -0.2) is 19.1 Å². The standard InChI is InChI=1S/C56H34N4O/c1-3-13-35(14-4-1)37-23-25-39(26-24-37)53-43-18-7-10-20-46(43)57-56(58-53)60-47-21-11-8-17-41(47)42-31-32-45-51-48(33-34-50-52(51)44-19-9-12-22-49(44)61-50)59(55(45)54(42)60)40-29-27-38(28-30-40)36-15-5-2-6-16-36/h1-34H. The molecule has 0 unspecified atom stereocenters. The number of para-hydroxylation sites is 3. The molecular formula is C56H34N4O. The second-order valence-corrected chi connectivity index (χ2v) is 15.7. The number of furan rings is 1. The van der Waals surface area contributed by atoms with Gasteiger partial charge in [0.2, 0.25) is 5.95 Å². The maximum atomic E-state index is 6.51. The Hall–Kier alpha value is -8.28. The average molecular weight is 779 g/mol. The van der Waals surface area contributed by atoms with Crippen LogP contribution in [0.4, 0.5) is 0 Å². The molecule has 13 rings (SSSR count). The minimum absolute atomic E-state index is 0.620. The lowest BCUT2D eigenvalue weighted by molar-refractivity contribution is 0.669. The van der Waals surface area contributed by atoms with E-state index in [1.54, 1.807) is 0 Å². The van der Waals surface area contributed by atoms with E-state index in [4.69, 9.17) is 14.4 Å². The number of benzene rings is 9. The molecule has 4 heterocycles. The van der Waals surface area contributed by atoms with Crippen LogP contribution in [0, 0.1) is 0 Å². The summed E-state index contributed by atoms with van der Waals surface area (Å²) in [6.45, 7) is 0. The molecule has 0 spiro atoms. The van der Waals surface area contributed by atoms with Gasteiger partial charge in [-0.25, -0.2) is 9.97 Å². The molecule has 5 nitrogen and oxygen atoms in total. The average Bonchev–Trinajstić information content (AvgIpc) is 4.00. The van der Waals surface area contributed by atoms with Crippen molar-refractivity contribution in [1.82, 2.24) is 19.1 Å². The van der Waals surface area contributed by atoms with Gasteiger partial charge in [0.15, 0.2) is 0 Å². The van der Waals surface area contributed by atoms with E-state index < -0.39 is 0 Å². The molecule has 0 atom stereocenters. The Bertz CT molecular complexity index is 3840. The molecule has 0 saturated carbocycles. The topological polar surface area (TPSA) is 48.8 Å². The van der Waals surface area contributed by atoms with Crippen LogP contribution in [0.25, 0.3) is 122 Å². The number of rotatable bonds is 5. The Morgan fingerprint density at radius 1 is 0.328 bits per heavy atom. The molecule has 0 bridgehead atoms. The van der Waals surface area contributed by atoms with Crippen molar-refractivity contribution in [3.63, 3.8) is 0 Å². The predicted molar refractivity (Wildman–Crippen MR) is 252 cm³/mol. The van der Waals surface area contributed by atoms with E-state index in [0.29, 0.717) is 5.95 Å². The third-order valence-corrected chi connectivity index (χ3v) is 12.4. The van der Waals surface area contributed by atoms with Gasteiger partial charge in [-0.05, 0) is 64.7 Å². The lowest BCUT2D eigenvalue weighted by atomic mass is 10.0. The van der Waals surface area contributed by atoms with Gasteiger partial charge < -0.3 is 8.98 Å². The number of aromatic nitrogens is 4. The van der Waals surface area contributed by atoms with Crippen molar-refractivity contribution < 1.29 is 4.42 Å². The van der Waals surface area contributed by atoms with Gasteiger partial charge in [-0.3, -0.25) is 4.57 Å². The minimum atomic E-state index is 0.620. The third kappa shape index (κ3) is 5.08. The molecule has 4 aromatic heterocycles. The summed E-state index contributed by atoms with van der Waals surface area (Å²) >= 11 is 0. The highest BCUT2D eigenvalue weighted by Gasteiger charge is 2.25. The first-order chi connectivity index (χ1) is 30.3. The molecule has 0 aliphatic carbocycles. The number of nitrogens with zero attached hydrogens (tertiary/aromatic N) is 4. The summed E-state index contributed by atoms with van der Waals surface area (Å²) < 4.78 is 11.2. The molecule has 0 radical (unpaired) electrons. The second kappa shape index (κ2) is 13.1. The molecule has 0 fully saturated rings. The van der Waals surface area contributed by atoms with Gasteiger partial charge in [-0.15, -0.1) is 0 Å². The van der Waals surface area contributed by atoms with Gasteiger partial charge in [-0.1, -0.05) is 164 Å². The zero-order chi connectivity index (χ0) is 40.0. The zero-order valence-electron chi connectivity index (χ0n) is 32.8. The molecule has 5 heteroatoms. The fraction of sp³-hybridized carbons (Fsp3) is 0. The molecule has 0 saturated heterocycles. The fourth-order valence-corrected chi connectivity index (χ4v) is 9.60. The first-order valence-corrected chi connectivity index (χ1v) is 20.7. The highest BCUT2D eigenvalue weighted by molar-refractivity contribution is 6.31. The molecule has 0 amide bonds. The van der Waals surface area contributed by atoms with Gasteiger partial charge in [0.05, 0.1) is 33.3 Å². The smallest absolute Gasteiger partial charge is 0.235 e. The Balaban J connectivity index is 1.15. The van der Waals surface area contributed by atoms with Crippen molar-refractivity contribution in [1.29, 1.82) is 0 Å². The number of fused-ring (bicyclic) bond motifs is 12. The summed E-state index contributed by atoms with van der Waals surface area (Å²) in [5.41, 5.74) is 14.6. The van der Waals surface area contributed by atoms with Crippen molar-refractivity contribution in [2.75, 3.05) is 0 Å². The fourth-order valence-electron chi connectivity index (χ4n) is 9.60. The Labute approximate surface area is 350 Å². The van der Waals surface area contributed by atoms with Crippen molar-refractivity contribution in [3.8, 4) is 45.1 Å². The first kappa shape index (κ1) is 33.7. The first-order valence-electron chi connectivity index (χ1n) is 20.7. The SMILES string of the molecule is c1ccc(-c2ccc(-c3nc(-n4c5ccccc5c5ccc6c7c8c(ccc7n(-c7ccc(-c9ccccc9)cc7)c6c54)oc4ccccc48)nc4ccccc34)cc2)cc1. The Morgan fingerprint density at radius 3 is 1.66 bits per heavy atom. The van der Waals surface area contributed by atoms with Gasteiger partial charge in [0.25, 0.3) is 0 Å². The summed E-state index contributed by atoms with van der Waals surface area (Å²) in [4.78, 5) is 10.9. The molecule has 13 aromatic rings. The molecular weight excluding hydrogens is 745 g/mol. The van der Waals surface area contributed by atoms with Gasteiger partial charge in [0.1, 0.15) is 11.2 Å². The van der Waals surface area contributed by atoms with Crippen molar-refractivity contribution in [3.05, 3.63) is 206 Å². The Kier molecular flexibility index (Phi) is 7.24. The summed E-state index contributed by atoms with van der Waals surface area (Å²) in [6, 6.07) is 73.0. The third-order valence-electron chi connectivity index (χ3n) is 12.4. The molecule has 0 N–H and O–H groups in total. The van der Waals surface area contributed by atoms with E-state index in [-0.39, 0.29) is 0 Å². The zero-order valence-corrected chi connectivity index (χ0v) is 32.8. The Morgan fingerprint density at radius 2 is 0.902 bits per heavy atom. The monoisotopic (exact) mass is 778 g/mol. The lowest BCUT2D eigenvalue weighted by Gasteiger charge is -2.14. The van der Waals surface area contributed by atoms with E-state index in [9.17, 15) is 0 Å². The highest BCUT2D eigenvalue weighted by Crippen LogP contribution is 2.46. The summed E-state index contributed by atoms with van der Waals surface area (Å²) in [6.07, 6.45) is 0. The van der Waals surface area contributed by atoms with Crippen LogP contribution in [-0.2, 0) is 0 Å². The quantitative estimate of drug-likeness (QED) is 0.175. The van der Waals surface area contributed by atoms with Crippen LogP contribution < -0.4 is 0 Å².